The maximum Gasteiger partial charge on any atom is 0.207 e. The number of imidazole rings is 1. The van der Waals surface area contributed by atoms with Crippen molar-refractivity contribution < 1.29 is 0 Å². The summed E-state index contributed by atoms with van der Waals surface area (Å²) in [6, 6.07) is 0.602. The van der Waals surface area contributed by atoms with Gasteiger partial charge in [-0.2, -0.15) is 5.10 Å². The van der Waals surface area contributed by atoms with Crippen molar-refractivity contribution in [3.05, 3.63) is 24.3 Å². The zero-order valence-electron chi connectivity index (χ0n) is 9.98. The van der Waals surface area contributed by atoms with Gasteiger partial charge in [0.05, 0.1) is 17.6 Å². The quantitative estimate of drug-likeness (QED) is 0.854. The van der Waals surface area contributed by atoms with Gasteiger partial charge in [0, 0.05) is 18.4 Å². The van der Waals surface area contributed by atoms with Crippen LogP contribution in [-0.2, 0) is 0 Å². The van der Waals surface area contributed by atoms with Crippen LogP contribution < -0.4 is 5.32 Å². The van der Waals surface area contributed by atoms with E-state index in [0.29, 0.717) is 6.04 Å². The average molecular weight is 231 g/mol. The molecular weight excluding hydrogens is 214 g/mol. The summed E-state index contributed by atoms with van der Waals surface area (Å²) in [6.07, 6.45) is 10.9. The zero-order valence-corrected chi connectivity index (χ0v) is 9.98. The molecule has 2 N–H and O–H groups in total. The van der Waals surface area contributed by atoms with E-state index >= 15 is 0 Å². The Balaban J connectivity index is 1.87. The summed E-state index contributed by atoms with van der Waals surface area (Å²) >= 11 is 0. The average Bonchev–Trinajstić information content (AvgIpc) is 3.00. The molecule has 2 heterocycles. The van der Waals surface area contributed by atoms with Crippen molar-refractivity contribution >= 4 is 11.6 Å². The molecule has 0 aliphatic heterocycles. The third-order valence-corrected chi connectivity index (χ3v) is 3.33. The lowest BCUT2D eigenvalue weighted by Crippen LogP contribution is -2.07. The molecular formula is C12H17N5. The van der Waals surface area contributed by atoms with E-state index in [2.05, 4.69) is 31.3 Å². The fraction of sp³-hybridized carbons (Fsp3) is 0.500. The molecule has 2 aromatic heterocycles. The van der Waals surface area contributed by atoms with Crippen LogP contribution in [0.1, 0.15) is 37.4 Å². The van der Waals surface area contributed by atoms with Crippen LogP contribution in [0.2, 0.25) is 0 Å². The Morgan fingerprint density at radius 1 is 1.41 bits per heavy atom. The number of hydrogen-bond donors (Lipinski definition) is 2. The number of anilines is 2. The number of aryl methyl sites for hydroxylation is 1. The normalized spacial score (nSPS) is 16.5. The fourth-order valence-corrected chi connectivity index (χ4v) is 2.52. The molecule has 0 spiro atoms. The lowest BCUT2D eigenvalue weighted by molar-refractivity contribution is 0.524. The summed E-state index contributed by atoms with van der Waals surface area (Å²) in [7, 11) is 0. The van der Waals surface area contributed by atoms with E-state index in [1.807, 2.05) is 13.1 Å². The van der Waals surface area contributed by atoms with Gasteiger partial charge in [0.1, 0.15) is 0 Å². The predicted octanol–water partition coefficient (Wildman–Crippen LogP) is 2.77. The molecule has 2 aromatic rings. The Morgan fingerprint density at radius 2 is 2.24 bits per heavy atom. The lowest BCUT2D eigenvalue weighted by atomic mass is 10.2. The van der Waals surface area contributed by atoms with Crippen molar-refractivity contribution in [1.82, 2.24) is 19.7 Å². The van der Waals surface area contributed by atoms with Crippen molar-refractivity contribution in [2.75, 3.05) is 5.32 Å². The van der Waals surface area contributed by atoms with Crippen LogP contribution in [0.25, 0.3) is 0 Å². The molecule has 0 radical (unpaired) electrons. The number of nitrogens with one attached hydrogen (secondary N) is 2. The van der Waals surface area contributed by atoms with Gasteiger partial charge in [0.25, 0.3) is 0 Å². The van der Waals surface area contributed by atoms with Gasteiger partial charge >= 0.3 is 0 Å². The monoisotopic (exact) mass is 231 g/mol. The van der Waals surface area contributed by atoms with Crippen molar-refractivity contribution in [2.45, 2.75) is 38.6 Å². The van der Waals surface area contributed by atoms with Crippen LogP contribution in [0.4, 0.5) is 11.6 Å². The van der Waals surface area contributed by atoms with Gasteiger partial charge in [0.2, 0.25) is 5.95 Å². The summed E-state index contributed by atoms with van der Waals surface area (Å²) in [5, 5.41) is 10.0. The van der Waals surface area contributed by atoms with Crippen LogP contribution in [0.5, 0.6) is 0 Å². The largest absolute Gasteiger partial charge is 0.323 e. The van der Waals surface area contributed by atoms with Crippen LogP contribution in [-0.4, -0.2) is 19.7 Å². The first-order valence-corrected chi connectivity index (χ1v) is 6.14. The number of rotatable bonds is 3. The molecule has 1 aliphatic carbocycles. The van der Waals surface area contributed by atoms with E-state index in [0.717, 1.165) is 17.3 Å². The Kier molecular flexibility index (Phi) is 2.59. The molecule has 0 bridgehead atoms. The maximum atomic E-state index is 4.54. The SMILES string of the molecule is Cc1cn(C2CCCC2)c(Nc2cn[nH]c2)n1. The lowest BCUT2D eigenvalue weighted by Gasteiger charge is -2.14. The summed E-state index contributed by atoms with van der Waals surface area (Å²) in [4.78, 5) is 4.54. The predicted molar refractivity (Wildman–Crippen MR) is 66.3 cm³/mol. The first kappa shape index (κ1) is 10.4. The molecule has 5 nitrogen and oxygen atoms in total. The van der Waals surface area contributed by atoms with Crippen molar-refractivity contribution in [3.63, 3.8) is 0 Å². The van der Waals surface area contributed by atoms with Crippen molar-refractivity contribution in [1.29, 1.82) is 0 Å². The second-order valence-electron chi connectivity index (χ2n) is 4.66. The van der Waals surface area contributed by atoms with Crippen LogP contribution in [0.15, 0.2) is 18.6 Å². The van der Waals surface area contributed by atoms with Crippen molar-refractivity contribution in [2.24, 2.45) is 0 Å². The van der Waals surface area contributed by atoms with Crippen molar-refractivity contribution in [3.8, 4) is 0 Å². The fourth-order valence-electron chi connectivity index (χ4n) is 2.52. The van der Waals surface area contributed by atoms with Gasteiger partial charge in [-0.1, -0.05) is 12.8 Å². The third kappa shape index (κ3) is 2.05. The smallest absolute Gasteiger partial charge is 0.207 e. The highest BCUT2D eigenvalue weighted by Gasteiger charge is 2.20. The number of aromatic amines is 1. The summed E-state index contributed by atoms with van der Waals surface area (Å²) in [5.41, 5.74) is 2.01. The molecule has 0 amide bonds. The van der Waals surface area contributed by atoms with E-state index < -0.39 is 0 Å². The van der Waals surface area contributed by atoms with Gasteiger partial charge in [0.15, 0.2) is 0 Å². The summed E-state index contributed by atoms with van der Waals surface area (Å²) < 4.78 is 2.27. The summed E-state index contributed by atoms with van der Waals surface area (Å²) in [5.74, 6) is 0.927. The first-order valence-electron chi connectivity index (χ1n) is 6.14. The topological polar surface area (TPSA) is 58.5 Å². The second kappa shape index (κ2) is 4.24. The van der Waals surface area contributed by atoms with E-state index in [1.165, 1.54) is 25.7 Å². The number of hydrogen-bond acceptors (Lipinski definition) is 3. The minimum Gasteiger partial charge on any atom is -0.323 e. The third-order valence-electron chi connectivity index (χ3n) is 3.33. The number of nitrogens with zero attached hydrogens (tertiary/aromatic N) is 3. The minimum atomic E-state index is 0.602. The molecule has 0 aromatic carbocycles. The molecule has 90 valence electrons. The van der Waals surface area contributed by atoms with Gasteiger partial charge < -0.3 is 9.88 Å². The minimum absolute atomic E-state index is 0.602. The molecule has 3 rings (SSSR count). The molecule has 5 heteroatoms. The molecule has 1 saturated carbocycles. The number of H-pyrrole nitrogens is 1. The Bertz CT molecular complexity index is 479. The molecule has 0 saturated heterocycles. The summed E-state index contributed by atoms with van der Waals surface area (Å²) in [6.45, 7) is 2.03. The Morgan fingerprint density at radius 3 is 2.94 bits per heavy atom. The van der Waals surface area contributed by atoms with E-state index in [4.69, 9.17) is 0 Å². The van der Waals surface area contributed by atoms with E-state index in [1.54, 1.807) is 6.20 Å². The zero-order chi connectivity index (χ0) is 11.7. The Labute approximate surface area is 100 Å². The van der Waals surface area contributed by atoms with Crippen LogP contribution in [0.3, 0.4) is 0 Å². The van der Waals surface area contributed by atoms with E-state index in [9.17, 15) is 0 Å². The van der Waals surface area contributed by atoms with Crippen LogP contribution in [0, 0.1) is 6.92 Å². The van der Waals surface area contributed by atoms with Gasteiger partial charge in [-0.05, 0) is 19.8 Å². The first-order chi connectivity index (χ1) is 8.33. The molecule has 0 unspecified atom stereocenters. The standard InChI is InChI=1S/C12H17N5/c1-9-8-17(11-4-2-3-5-11)12(15-9)16-10-6-13-14-7-10/h6-8,11H,2-5H2,1H3,(H,13,14)(H,15,16). The highest BCUT2D eigenvalue weighted by Crippen LogP contribution is 2.32. The second-order valence-corrected chi connectivity index (χ2v) is 4.66. The van der Waals surface area contributed by atoms with Gasteiger partial charge in [-0.25, -0.2) is 4.98 Å². The van der Waals surface area contributed by atoms with Gasteiger partial charge in [-0.3, -0.25) is 5.10 Å². The van der Waals surface area contributed by atoms with Crippen LogP contribution >= 0.6 is 0 Å². The number of aromatic nitrogens is 4. The molecule has 0 atom stereocenters. The molecule has 1 aliphatic rings. The highest BCUT2D eigenvalue weighted by atomic mass is 15.2. The highest BCUT2D eigenvalue weighted by molar-refractivity contribution is 5.51. The Hall–Kier alpha value is -1.78. The molecule has 17 heavy (non-hydrogen) atoms. The van der Waals surface area contributed by atoms with E-state index in [-0.39, 0.29) is 0 Å². The maximum absolute atomic E-state index is 4.54. The van der Waals surface area contributed by atoms with Gasteiger partial charge in [-0.15, -0.1) is 0 Å². The molecule has 1 fully saturated rings.